The van der Waals surface area contributed by atoms with Gasteiger partial charge in [0.1, 0.15) is 5.78 Å². The van der Waals surface area contributed by atoms with Crippen LogP contribution >= 0.6 is 0 Å². The zero-order chi connectivity index (χ0) is 25.8. The SMILES string of the molecule is COC(=O)[C@]12CCC(C)(C)C[C@H]1C1=CC[C@@H]3[C@@]4(C)C(=O)C[C@H](O)C(C)(C)[C@@H]4CC[C@@]3(C)[C@]1(C)CC2. The third-order valence-corrected chi connectivity index (χ3v) is 13.1. The maximum atomic E-state index is 13.8. The number of carbonyl (C=O) groups excluding carboxylic acids is 2. The second-order valence-corrected chi connectivity index (χ2v) is 15.1. The minimum atomic E-state index is -0.553. The fourth-order valence-corrected chi connectivity index (χ4v) is 10.5. The molecule has 0 aromatic carbocycles. The van der Waals surface area contributed by atoms with Crippen LogP contribution in [-0.2, 0) is 14.3 Å². The van der Waals surface area contributed by atoms with E-state index in [9.17, 15) is 14.7 Å². The number of aliphatic hydroxyl groups excluding tert-OH is 1. The van der Waals surface area contributed by atoms with E-state index in [-0.39, 0.29) is 57.6 Å². The van der Waals surface area contributed by atoms with Crippen LogP contribution in [0.2, 0.25) is 0 Å². The van der Waals surface area contributed by atoms with E-state index in [1.807, 2.05) is 0 Å². The lowest BCUT2D eigenvalue weighted by Gasteiger charge is -2.70. The summed E-state index contributed by atoms with van der Waals surface area (Å²) in [5.41, 5.74) is 0.609. The first-order chi connectivity index (χ1) is 16.1. The molecule has 35 heavy (non-hydrogen) atoms. The Morgan fingerprint density at radius 1 is 0.971 bits per heavy atom. The van der Waals surface area contributed by atoms with Crippen LogP contribution in [0.1, 0.15) is 106 Å². The molecule has 0 radical (unpaired) electrons. The smallest absolute Gasteiger partial charge is 0.312 e. The van der Waals surface area contributed by atoms with Gasteiger partial charge in [0.2, 0.25) is 0 Å². The van der Waals surface area contributed by atoms with E-state index in [4.69, 9.17) is 4.74 Å². The van der Waals surface area contributed by atoms with Gasteiger partial charge in [0, 0.05) is 11.8 Å². The summed E-state index contributed by atoms with van der Waals surface area (Å²) >= 11 is 0. The average Bonchev–Trinajstić information content (AvgIpc) is 2.77. The molecule has 5 aliphatic rings. The van der Waals surface area contributed by atoms with Crippen molar-refractivity contribution in [2.45, 2.75) is 112 Å². The van der Waals surface area contributed by atoms with Crippen molar-refractivity contribution in [3.8, 4) is 0 Å². The topological polar surface area (TPSA) is 63.6 Å². The zero-order valence-corrected chi connectivity index (χ0v) is 23.4. The van der Waals surface area contributed by atoms with Gasteiger partial charge in [0.25, 0.3) is 0 Å². The quantitative estimate of drug-likeness (QED) is 0.341. The van der Waals surface area contributed by atoms with Crippen LogP contribution in [0.5, 0.6) is 0 Å². The number of fused-ring (bicyclic) bond motifs is 7. The number of ketones is 1. The molecule has 0 aromatic rings. The van der Waals surface area contributed by atoms with Gasteiger partial charge in [-0.1, -0.05) is 60.1 Å². The number of carbonyl (C=O) groups is 2. The fourth-order valence-electron chi connectivity index (χ4n) is 10.5. The Labute approximate surface area is 212 Å². The first kappa shape index (κ1) is 25.5. The summed E-state index contributed by atoms with van der Waals surface area (Å²) in [4.78, 5) is 27.1. The van der Waals surface area contributed by atoms with E-state index in [1.54, 1.807) is 7.11 Å². The normalized spacial score (nSPS) is 50.1. The number of Topliss-reactive ketones (excluding diaryl/α,β-unsaturated/α-hetero) is 1. The molecule has 4 saturated carbocycles. The number of hydrogen-bond donors (Lipinski definition) is 1. The summed E-state index contributed by atoms with van der Waals surface area (Å²) in [6, 6.07) is 0. The number of esters is 1. The monoisotopic (exact) mass is 484 g/mol. The lowest BCUT2D eigenvalue weighted by atomic mass is 9.33. The summed E-state index contributed by atoms with van der Waals surface area (Å²) < 4.78 is 5.46. The Kier molecular flexibility index (Phi) is 5.43. The second-order valence-electron chi connectivity index (χ2n) is 15.1. The number of ether oxygens (including phenoxy) is 1. The van der Waals surface area contributed by atoms with E-state index in [0.29, 0.717) is 0 Å². The molecule has 0 heterocycles. The molecule has 0 aromatic heterocycles. The molecule has 0 amide bonds. The summed E-state index contributed by atoms with van der Waals surface area (Å²) in [5, 5.41) is 10.9. The molecule has 0 spiro atoms. The molecule has 8 atom stereocenters. The third kappa shape index (κ3) is 3.01. The Hall–Kier alpha value is -1.16. The number of aliphatic hydroxyl groups is 1. The molecule has 4 nitrogen and oxygen atoms in total. The van der Waals surface area contributed by atoms with Crippen molar-refractivity contribution >= 4 is 11.8 Å². The molecule has 0 aliphatic heterocycles. The van der Waals surface area contributed by atoms with Crippen molar-refractivity contribution in [2.75, 3.05) is 7.11 Å². The highest BCUT2D eigenvalue weighted by atomic mass is 16.5. The van der Waals surface area contributed by atoms with Gasteiger partial charge < -0.3 is 9.84 Å². The first-order valence-corrected chi connectivity index (χ1v) is 14.1. The van der Waals surface area contributed by atoms with Crippen LogP contribution in [0.3, 0.4) is 0 Å². The van der Waals surface area contributed by atoms with Gasteiger partial charge >= 0.3 is 5.97 Å². The molecular formula is C31H48O4. The van der Waals surface area contributed by atoms with Gasteiger partial charge in [0.05, 0.1) is 18.6 Å². The van der Waals surface area contributed by atoms with E-state index >= 15 is 0 Å². The van der Waals surface area contributed by atoms with Crippen LogP contribution in [0.25, 0.3) is 0 Å². The number of allylic oxidation sites excluding steroid dienone is 2. The molecule has 1 N–H and O–H groups in total. The Morgan fingerprint density at radius 3 is 2.29 bits per heavy atom. The second kappa shape index (κ2) is 7.45. The van der Waals surface area contributed by atoms with Gasteiger partial charge in [-0.3, -0.25) is 9.59 Å². The molecule has 5 aliphatic carbocycles. The Morgan fingerprint density at radius 2 is 1.63 bits per heavy atom. The summed E-state index contributed by atoms with van der Waals surface area (Å²) in [5.74, 6) is 0.950. The molecule has 5 rings (SSSR count). The highest BCUT2D eigenvalue weighted by molar-refractivity contribution is 5.87. The van der Waals surface area contributed by atoms with Gasteiger partial charge in [-0.15, -0.1) is 0 Å². The highest BCUT2D eigenvalue weighted by Crippen LogP contribution is 2.75. The predicted octanol–water partition coefficient (Wildman–Crippen LogP) is 6.50. The van der Waals surface area contributed by atoms with Crippen molar-refractivity contribution in [1.29, 1.82) is 0 Å². The summed E-state index contributed by atoms with van der Waals surface area (Å²) in [6.45, 7) is 16.2. The lowest BCUT2D eigenvalue weighted by molar-refractivity contribution is -0.204. The fraction of sp³-hybridized carbons (Fsp3) is 0.871. The first-order valence-electron chi connectivity index (χ1n) is 14.1. The Bertz CT molecular complexity index is 976. The summed E-state index contributed by atoms with van der Waals surface area (Å²) in [7, 11) is 1.56. The van der Waals surface area contributed by atoms with Crippen molar-refractivity contribution in [3.05, 3.63) is 11.6 Å². The number of methoxy groups -OCH3 is 1. The van der Waals surface area contributed by atoms with Crippen molar-refractivity contribution in [3.63, 3.8) is 0 Å². The van der Waals surface area contributed by atoms with Crippen LogP contribution in [0.4, 0.5) is 0 Å². The van der Waals surface area contributed by atoms with Crippen LogP contribution in [0.15, 0.2) is 11.6 Å². The van der Waals surface area contributed by atoms with Crippen molar-refractivity contribution < 1.29 is 19.4 Å². The minimum Gasteiger partial charge on any atom is -0.469 e. The molecule has 0 bridgehead atoms. The Balaban J connectivity index is 1.63. The van der Waals surface area contributed by atoms with Crippen LogP contribution in [0, 0.1) is 50.2 Å². The molecule has 196 valence electrons. The maximum Gasteiger partial charge on any atom is 0.312 e. The average molecular weight is 485 g/mol. The summed E-state index contributed by atoms with van der Waals surface area (Å²) in [6.07, 6.45) is 10.1. The van der Waals surface area contributed by atoms with Crippen molar-refractivity contribution in [1.82, 2.24) is 0 Å². The van der Waals surface area contributed by atoms with E-state index in [2.05, 4.69) is 54.5 Å². The largest absolute Gasteiger partial charge is 0.469 e. The third-order valence-electron chi connectivity index (χ3n) is 13.1. The highest BCUT2D eigenvalue weighted by Gasteiger charge is 2.71. The van der Waals surface area contributed by atoms with Gasteiger partial charge in [-0.2, -0.15) is 0 Å². The number of rotatable bonds is 1. The minimum absolute atomic E-state index is 0.000233. The number of hydrogen-bond acceptors (Lipinski definition) is 4. The van der Waals surface area contributed by atoms with Crippen LogP contribution < -0.4 is 0 Å². The van der Waals surface area contributed by atoms with Gasteiger partial charge in [0.15, 0.2) is 0 Å². The molecule has 4 heteroatoms. The van der Waals surface area contributed by atoms with Gasteiger partial charge in [-0.05, 0) is 90.8 Å². The molecular weight excluding hydrogens is 436 g/mol. The maximum absolute atomic E-state index is 13.8. The molecule has 4 fully saturated rings. The standard InChI is InChI=1S/C31H48O4/c1-26(2)13-15-31(25(34)35-8)16-14-28(5)19(20(31)18-26)9-10-22-29(28,6)12-11-21-27(3,4)23(32)17-24(33)30(21,22)7/h9,20-23,32H,10-18H2,1-8H3/t20-,21-,22-,23-,28+,29+,30-,31-/m0/s1. The van der Waals surface area contributed by atoms with E-state index < -0.39 is 16.9 Å². The molecule has 0 saturated heterocycles. The van der Waals surface area contributed by atoms with Gasteiger partial charge in [-0.25, -0.2) is 0 Å². The molecule has 0 unspecified atom stereocenters. The van der Waals surface area contributed by atoms with E-state index in [0.717, 1.165) is 51.4 Å². The lowest BCUT2D eigenvalue weighted by Crippen LogP contribution is -2.67. The van der Waals surface area contributed by atoms with Crippen LogP contribution in [-0.4, -0.2) is 30.1 Å². The predicted molar refractivity (Wildman–Crippen MR) is 137 cm³/mol. The zero-order valence-electron chi connectivity index (χ0n) is 23.4. The van der Waals surface area contributed by atoms with Crippen molar-refractivity contribution in [2.24, 2.45) is 50.2 Å². The van der Waals surface area contributed by atoms with E-state index in [1.165, 1.54) is 5.57 Å².